The summed E-state index contributed by atoms with van der Waals surface area (Å²) in [6.07, 6.45) is 1.27. The van der Waals surface area contributed by atoms with E-state index in [2.05, 4.69) is 25.6 Å². The van der Waals surface area contributed by atoms with Gasteiger partial charge in [-0.25, -0.2) is 0 Å². The van der Waals surface area contributed by atoms with Crippen molar-refractivity contribution in [3.63, 3.8) is 0 Å². The molecule has 1 saturated carbocycles. The van der Waals surface area contributed by atoms with Gasteiger partial charge in [-0.05, 0) is 30.7 Å². The third-order valence-electron chi connectivity index (χ3n) is 3.00. The lowest BCUT2D eigenvalue weighted by Gasteiger charge is -2.03. The van der Waals surface area contributed by atoms with Crippen molar-refractivity contribution in [3.05, 3.63) is 48.0 Å². The Balaban J connectivity index is 1.67. The van der Waals surface area contributed by atoms with Crippen molar-refractivity contribution < 1.29 is 4.74 Å². The van der Waals surface area contributed by atoms with Gasteiger partial charge in [0.2, 0.25) is 0 Å². The van der Waals surface area contributed by atoms with Crippen LogP contribution in [0.5, 0.6) is 0 Å². The highest BCUT2D eigenvalue weighted by molar-refractivity contribution is 5.13. The fraction of sp³-hybridized carbons (Fsp3) is 0.429. The molecule has 0 heterocycles. The first-order valence-corrected chi connectivity index (χ1v) is 5.54. The van der Waals surface area contributed by atoms with Crippen molar-refractivity contribution in [2.45, 2.75) is 20.0 Å². The zero-order valence-corrected chi connectivity index (χ0v) is 9.28. The van der Waals surface area contributed by atoms with Gasteiger partial charge in [0.25, 0.3) is 0 Å². The highest BCUT2D eigenvalue weighted by Gasteiger charge is 2.37. The maximum absolute atomic E-state index is 5.68. The van der Waals surface area contributed by atoms with Gasteiger partial charge in [-0.15, -0.1) is 0 Å². The topological polar surface area (TPSA) is 9.23 Å². The molecule has 2 rings (SSSR count). The van der Waals surface area contributed by atoms with Gasteiger partial charge in [0, 0.05) is 0 Å². The standard InChI is InChI=1S/C14H18O/c1-11(2)14-8-13(14)10-15-9-12-6-4-3-5-7-12/h3-7,13-14H,1,8-10H2,2H3/t13-,14-/m0/s1. The minimum Gasteiger partial charge on any atom is -0.376 e. The molecule has 1 aliphatic carbocycles. The van der Waals surface area contributed by atoms with Crippen LogP contribution in [0.3, 0.4) is 0 Å². The van der Waals surface area contributed by atoms with Crippen LogP contribution in [0, 0.1) is 11.8 Å². The molecule has 2 atom stereocenters. The summed E-state index contributed by atoms with van der Waals surface area (Å²) in [6, 6.07) is 10.3. The summed E-state index contributed by atoms with van der Waals surface area (Å²) in [5.41, 5.74) is 2.56. The van der Waals surface area contributed by atoms with E-state index in [1.54, 1.807) is 0 Å². The predicted molar refractivity (Wildman–Crippen MR) is 62.5 cm³/mol. The molecule has 0 radical (unpaired) electrons. The van der Waals surface area contributed by atoms with Crippen LogP contribution in [-0.4, -0.2) is 6.61 Å². The summed E-state index contributed by atoms with van der Waals surface area (Å²) in [6.45, 7) is 7.71. The number of hydrogen-bond donors (Lipinski definition) is 0. The second-order valence-electron chi connectivity index (χ2n) is 4.45. The Hall–Kier alpha value is -1.08. The fourth-order valence-electron chi connectivity index (χ4n) is 1.94. The Labute approximate surface area is 91.8 Å². The number of hydrogen-bond acceptors (Lipinski definition) is 1. The van der Waals surface area contributed by atoms with Crippen LogP contribution in [0.25, 0.3) is 0 Å². The van der Waals surface area contributed by atoms with Crippen LogP contribution in [0.2, 0.25) is 0 Å². The van der Waals surface area contributed by atoms with E-state index in [0.29, 0.717) is 0 Å². The van der Waals surface area contributed by atoms with Gasteiger partial charge in [0.05, 0.1) is 13.2 Å². The van der Waals surface area contributed by atoms with Gasteiger partial charge in [-0.1, -0.05) is 42.5 Å². The second-order valence-corrected chi connectivity index (χ2v) is 4.45. The van der Waals surface area contributed by atoms with Crippen LogP contribution < -0.4 is 0 Å². The normalized spacial score (nSPS) is 23.8. The lowest BCUT2D eigenvalue weighted by atomic mass is 10.2. The molecule has 0 unspecified atom stereocenters. The first-order chi connectivity index (χ1) is 7.27. The van der Waals surface area contributed by atoms with E-state index in [4.69, 9.17) is 4.74 Å². The van der Waals surface area contributed by atoms with E-state index < -0.39 is 0 Å². The minimum atomic E-state index is 0.723. The SMILES string of the molecule is C=C(C)[C@@H]1C[C@H]1COCc1ccccc1. The zero-order valence-electron chi connectivity index (χ0n) is 9.28. The van der Waals surface area contributed by atoms with E-state index in [1.165, 1.54) is 17.6 Å². The Morgan fingerprint density at radius 3 is 2.73 bits per heavy atom. The highest BCUT2D eigenvalue weighted by atomic mass is 16.5. The molecular weight excluding hydrogens is 184 g/mol. The molecule has 1 fully saturated rings. The van der Waals surface area contributed by atoms with Crippen LogP contribution >= 0.6 is 0 Å². The molecule has 0 saturated heterocycles. The summed E-state index contributed by atoms with van der Waals surface area (Å²) in [5.74, 6) is 1.45. The maximum Gasteiger partial charge on any atom is 0.0717 e. The largest absolute Gasteiger partial charge is 0.376 e. The number of benzene rings is 1. The van der Waals surface area contributed by atoms with Gasteiger partial charge >= 0.3 is 0 Å². The molecule has 1 heteroatoms. The Bertz CT molecular complexity index is 328. The summed E-state index contributed by atoms with van der Waals surface area (Å²) < 4.78 is 5.68. The van der Waals surface area contributed by atoms with Crippen molar-refractivity contribution in [2.24, 2.45) is 11.8 Å². The smallest absolute Gasteiger partial charge is 0.0717 e. The van der Waals surface area contributed by atoms with E-state index in [-0.39, 0.29) is 0 Å². The van der Waals surface area contributed by atoms with Gasteiger partial charge in [-0.3, -0.25) is 0 Å². The van der Waals surface area contributed by atoms with Crippen molar-refractivity contribution in [1.29, 1.82) is 0 Å². The van der Waals surface area contributed by atoms with Crippen LogP contribution in [0.15, 0.2) is 42.5 Å². The molecule has 0 N–H and O–H groups in total. The number of ether oxygens (including phenoxy) is 1. The molecule has 1 aromatic carbocycles. The third-order valence-corrected chi connectivity index (χ3v) is 3.00. The minimum absolute atomic E-state index is 0.723. The predicted octanol–water partition coefficient (Wildman–Crippen LogP) is 3.42. The Morgan fingerprint density at radius 1 is 1.40 bits per heavy atom. The van der Waals surface area contributed by atoms with Crippen LogP contribution in [0.4, 0.5) is 0 Å². The molecule has 15 heavy (non-hydrogen) atoms. The molecule has 1 nitrogen and oxygen atoms in total. The average Bonchev–Trinajstić information content (AvgIpc) is 2.99. The molecule has 0 aliphatic heterocycles. The zero-order chi connectivity index (χ0) is 10.7. The van der Waals surface area contributed by atoms with Crippen molar-refractivity contribution >= 4 is 0 Å². The number of allylic oxidation sites excluding steroid dienone is 1. The Kier molecular flexibility index (Phi) is 3.22. The summed E-state index contributed by atoms with van der Waals surface area (Å²) in [5, 5.41) is 0. The maximum atomic E-state index is 5.68. The van der Waals surface area contributed by atoms with Gasteiger partial charge in [-0.2, -0.15) is 0 Å². The lowest BCUT2D eigenvalue weighted by molar-refractivity contribution is 0.109. The molecule has 1 aromatic rings. The summed E-state index contributed by atoms with van der Waals surface area (Å²) in [4.78, 5) is 0. The summed E-state index contributed by atoms with van der Waals surface area (Å²) >= 11 is 0. The van der Waals surface area contributed by atoms with E-state index in [0.717, 1.165) is 25.0 Å². The van der Waals surface area contributed by atoms with Crippen LogP contribution in [-0.2, 0) is 11.3 Å². The molecular formula is C14H18O. The van der Waals surface area contributed by atoms with Crippen LogP contribution in [0.1, 0.15) is 18.9 Å². The van der Waals surface area contributed by atoms with Crippen molar-refractivity contribution in [1.82, 2.24) is 0 Å². The lowest BCUT2D eigenvalue weighted by Crippen LogP contribution is -1.98. The second kappa shape index (κ2) is 4.63. The van der Waals surface area contributed by atoms with Gasteiger partial charge in [0.1, 0.15) is 0 Å². The first kappa shape index (κ1) is 10.4. The molecule has 0 bridgehead atoms. The quantitative estimate of drug-likeness (QED) is 0.665. The van der Waals surface area contributed by atoms with Gasteiger partial charge in [0.15, 0.2) is 0 Å². The number of rotatable bonds is 5. The van der Waals surface area contributed by atoms with E-state index in [9.17, 15) is 0 Å². The first-order valence-electron chi connectivity index (χ1n) is 5.54. The molecule has 80 valence electrons. The summed E-state index contributed by atoms with van der Waals surface area (Å²) in [7, 11) is 0. The Morgan fingerprint density at radius 2 is 2.13 bits per heavy atom. The fourth-order valence-corrected chi connectivity index (χ4v) is 1.94. The highest BCUT2D eigenvalue weighted by Crippen LogP contribution is 2.43. The van der Waals surface area contributed by atoms with Crippen molar-refractivity contribution in [3.8, 4) is 0 Å². The van der Waals surface area contributed by atoms with Gasteiger partial charge < -0.3 is 4.74 Å². The molecule has 0 amide bonds. The monoisotopic (exact) mass is 202 g/mol. The average molecular weight is 202 g/mol. The van der Waals surface area contributed by atoms with Crippen molar-refractivity contribution in [2.75, 3.05) is 6.61 Å². The van der Waals surface area contributed by atoms with E-state index >= 15 is 0 Å². The molecule has 1 aliphatic rings. The molecule has 0 aromatic heterocycles. The molecule has 0 spiro atoms. The third kappa shape index (κ3) is 2.93. The van der Waals surface area contributed by atoms with E-state index in [1.807, 2.05) is 18.2 Å².